The zero-order chi connectivity index (χ0) is 7.98. The van der Waals surface area contributed by atoms with E-state index in [1.54, 1.807) is 0 Å². The highest BCUT2D eigenvalue weighted by Gasteiger charge is 2.00. The topological polar surface area (TPSA) is 26.0 Å². The number of hydrogen-bond donors (Lipinski definition) is 1. The third-order valence-electron chi connectivity index (χ3n) is 2.07. The fraction of sp³-hybridized carbons (Fsp3) is 0.778. The largest absolute Gasteiger partial charge is 0.330 e. The lowest BCUT2D eigenvalue weighted by atomic mass is 9.97. The predicted molar refractivity (Wildman–Crippen MR) is 46.9 cm³/mol. The van der Waals surface area contributed by atoms with Crippen LogP contribution in [0.1, 0.15) is 33.6 Å². The normalized spacial score (nSPS) is 15.4. The van der Waals surface area contributed by atoms with E-state index in [2.05, 4.69) is 26.8 Å². The first-order valence-electron chi connectivity index (χ1n) is 4.05. The van der Waals surface area contributed by atoms with E-state index in [1.807, 2.05) is 0 Å². The molecule has 1 nitrogen and oxygen atoms in total. The van der Waals surface area contributed by atoms with E-state index in [4.69, 9.17) is 5.73 Å². The fourth-order valence-electron chi connectivity index (χ4n) is 0.936. The molecule has 0 aliphatic rings. The molecule has 0 aliphatic carbocycles. The van der Waals surface area contributed by atoms with Crippen molar-refractivity contribution in [1.82, 2.24) is 0 Å². The number of hydrogen-bond acceptors (Lipinski definition) is 1. The minimum atomic E-state index is 0.716. The Morgan fingerprint density at radius 3 is 2.60 bits per heavy atom. The zero-order valence-corrected chi connectivity index (χ0v) is 7.35. The summed E-state index contributed by atoms with van der Waals surface area (Å²) in [5.41, 5.74) is 6.88. The van der Waals surface area contributed by atoms with Crippen LogP contribution in [0.2, 0.25) is 0 Å². The van der Waals surface area contributed by atoms with Crippen molar-refractivity contribution in [2.75, 3.05) is 6.54 Å². The highest BCUT2D eigenvalue weighted by Crippen LogP contribution is 2.14. The van der Waals surface area contributed by atoms with Gasteiger partial charge < -0.3 is 5.73 Å². The van der Waals surface area contributed by atoms with Crippen molar-refractivity contribution in [3.63, 3.8) is 0 Å². The van der Waals surface area contributed by atoms with Gasteiger partial charge in [-0.05, 0) is 39.2 Å². The molecule has 1 atom stereocenters. The van der Waals surface area contributed by atoms with E-state index in [9.17, 15) is 0 Å². The van der Waals surface area contributed by atoms with Crippen molar-refractivity contribution in [3.8, 4) is 0 Å². The Balaban J connectivity index is 3.51. The summed E-state index contributed by atoms with van der Waals surface area (Å²) < 4.78 is 0. The summed E-state index contributed by atoms with van der Waals surface area (Å²) in [7, 11) is 0. The Morgan fingerprint density at radius 2 is 2.20 bits per heavy atom. The first kappa shape index (κ1) is 9.70. The van der Waals surface area contributed by atoms with Gasteiger partial charge in [0.1, 0.15) is 0 Å². The highest BCUT2D eigenvalue weighted by molar-refractivity contribution is 4.99. The molecule has 0 bridgehead atoms. The van der Waals surface area contributed by atoms with Crippen molar-refractivity contribution in [2.45, 2.75) is 33.6 Å². The molecular weight excluding hydrogens is 122 g/mol. The SMILES string of the molecule is CC=C(C)C(C)CCCN. The summed E-state index contributed by atoms with van der Waals surface area (Å²) in [6.07, 6.45) is 4.56. The molecule has 0 saturated carbocycles. The minimum absolute atomic E-state index is 0.716. The molecule has 0 saturated heterocycles. The molecule has 0 aromatic carbocycles. The van der Waals surface area contributed by atoms with Crippen molar-refractivity contribution in [2.24, 2.45) is 11.7 Å². The molecule has 0 heterocycles. The molecular formula is C9H19N. The lowest BCUT2D eigenvalue weighted by Gasteiger charge is -2.09. The summed E-state index contributed by atoms with van der Waals surface area (Å²) in [5.74, 6) is 0.716. The Bertz CT molecular complexity index is 105. The van der Waals surface area contributed by atoms with Crippen LogP contribution < -0.4 is 5.73 Å². The van der Waals surface area contributed by atoms with E-state index >= 15 is 0 Å². The monoisotopic (exact) mass is 141 g/mol. The van der Waals surface area contributed by atoms with Crippen LogP contribution in [-0.2, 0) is 0 Å². The van der Waals surface area contributed by atoms with Crippen molar-refractivity contribution in [1.29, 1.82) is 0 Å². The zero-order valence-electron chi connectivity index (χ0n) is 7.35. The van der Waals surface area contributed by atoms with Gasteiger partial charge in [-0.25, -0.2) is 0 Å². The van der Waals surface area contributed by atoms with Crippen LogP contribution >= 0.6 is 0 Å². The first-order valence-corrected chi connectivity index (χ1v) is 4.05. The third-order valence-corrected chi connectivity index (χ3v) is 2.07. The van der Waals surface area contributed by atoms with E-state index in [1.165, 1.54) is 12.0 Å². The van der Waals surface area contributed by atoms with Gasteiger partial charge >= 0.3 is 0 Å². The number of allylic oxidation sites excluding steroid dienone is 2. The number of rotatable bonds is 4. The van der Waals surface area contributed by atoms with Gasteiger partial charge in [0.25, 0.3) is 0 Å². The predicted octanol–water partition coefficient (Wildman–Crippen LogP) is 2.33. The smallest absolute Gasteiger partial charge is 0.00771 e. The first-order chi connectivity index (χ1) is 4.72. The van der Waals surface area contributed by atoms with Crippen LogP contribution in [0.15, 0.2) is 11.6 Å². The van der Waals surface area contributed by atoms with E-state index in [0.717, 1.165) is 13.0 Å². The van der Waals surface area contributed by atoms with Crippen LogP contribution in [-0.4, -0.2) is 6.54 Å². The number of nitrogens with two attached hydrogens (primary N) is 1. The summed E-state index contributed by atoms with van der Waals surface area (Å²) in [6.45, 7) is 7.35. The van der Waals surface area contributed by atoms with Gasteiger partial charge in [0.15, 0.2) is 0 Å². The van der Waals surface area contributed by atoms with Crippen LogP contribution in [0.4, 0.5) is 0 Å². The molecule has 1 heteroatoms. The molecule has 60 valence electrons. The second-order valence-corrected chi connectivity index (χ2v) is 2.86. The Hall–Kier alpha value is -0.300. The summed E-state index contributed by atoms with van der Waals surface area (Å²) in [4.78, 5) is 0. The highest BCUT2D eigenvalue weighted by atomic mass is 14.5. The average Bonchev–Trinajstić information content (AvgIpc) is 1.98. The summed E-state index contributed by atoms with van der Waals surface area (Å²) in [6, 6.07) is 0. The molecule has 0 aliphatic heterocycles. The van der Waals surface area contributed by atoms with E-state index < -0.39 is 0 Å². The molecule has 0 aromatic rings. The van der Waals surface area contributed by atoms with Crippen molar-refractivity contribution in [3.05, 3.63) is 11.6 Å². The molecule has 0 spiro atoms. The molecule has 0 aromatic heterocycles. The van der Waals surface area contributed by atoms with Crippen LogP contribution in [0.3, 0.4) is 0 Å². The van der Waals surface area contributed by atoms with Crippen molar-refractivity contribution < 1.29 is 0 Å². The molecule has 10 heavy (non-hydrogen) atoms. The van der Waals surface area contributed by atoms with Crippen LogP contribution in [0, 0.1) is 5.92 Å². The lowest BCUT2D eigenvalue weighted by molar-refractivity contribution is 0.584. The van der Waals surface area contributed by atoms with Gasteiger partial charge in [-0.3, -0.25) is 0 Å². The van der Waals surface area contributed by atoms with E-state index in [0.29, 0.717) is 5.92 Å². The summed E-state index contributed by atoms with van der Waals surface area (Å²) >= 11 is 0. The van der Waals surface area contributed by atoms with Gasteiger partial charge in [0.05, 0.1) is 0 Å². The second-order valence-electron chi connectivity index (χ2n) is 2.86. The van der Waals surface area contributed by atoms with Gasteiger partial charge in [-0.2, -0.15) is 0 Å². The fourth-order valence-corrected chi connectivity index (χ4v) is 0.936. The minimum Gasteiger partial charge on any atom is -0.330 e. The molecule has 0 fully saturated rings. The average molecular weight is 141 g/mol. The second kappa shape index (κ2) is 5.48. The molecule has 2 N–H and O–H groups in total. The van der Waals surface area contributed by atoms with Crippen molar-refractivity contribution >= 4 is 0 Å². The Labute approximate surface area is 64.3 Å². The quantitative estimate of drug-likeness (QED) is 0.597. The van der Waals surface area contributed by atoms with E-state index in [-0.39, 0.29) is 0 Å². The van der Waals surface area contributed by atoms with Crippen LogP contribution in [0.5, 0.6) is 0 Å². The van der Waals surface area contributed by atoms with Gasteiger partial charge in [0.2, 0.25) is 0 Å². The molecule has 0 radical (unpaired) electrons. The molecule has 0 rings (SSSR count). The maximum absolute atomic E-state index is 5.40. The maximum atomic E-state index is 5.40. The Kier molecular flexibility index (Phi) is 5.32. The van der Waals surface area contributed by atoms with Crippen LogP contribution in [0.25, 0.3) is 0 Å². The Morgan fingerprint density at radius 1 is 1.60 bits per heavy atom. The third kappa shape index (κ3) is 3.67. The van der Waals surface area contributed by atoms with Gasteiger partial charge in [-0.1, -0.05) is 18.6 Å². The molecule has 1 unspecified atom stereocenters. The van der Waals surface area contributed by atoms with Gasteiger partial charge in [0, 0.05) is 0 Å². The summed E-state index contributed by atoms with van der Waals surface area (Å²) in [5, 5.41) is 0. The maximum Gasteiger partial charge on any atom is -0.00771 e. The molecule has 0 amide bonds. The lowest BCUT2D eigenvalue weighted by Crippen LogP contribution is -2.03. The van der Waals surface area contributed by atoms with Gasteiger partial charge in [-0.15, -0.1) is 0 Å². The standard InChI is InChI=1S/C9H19N/c1-4-8(2)9(3)6-5-7-10/h4,9H,5-7,10H2,1-3H3.